The highest BCUT2D eigenvalue weighted by atomic mass is 16.7. The summed E-state index contributed by atoms with van der Waals surface area (Å²) >= 11 is 0. The molecule has 4 saturated carbocycles. The second-order valence-electron chi connectivity index (χ2n) is 21.4. The van der Waals surface area contributed by atoms with Crippen molar-refractivity contribution in [3.8, 4) is 0 Å². The van der Waals surface area contributed by atoms with Gasteiger partial charge in [0.1, 0.15) is 67.1 Å². The largest absolute Gasteiger partial charge is 0.394 e. The van der Waals surface area contributed by atoms with Gasteiger partial charge in [-0.2, -0.15) is 0 Å². The standard InChI is InChI=1S/C45H76O18/c1-19(18-57-40-36(53)34(51)32(49)28(16-46)60-40)8-13-45(56)20(2)30-27(63-45)15-26-24-7-6-22-14-23(9-11-43(22,4)25(24)10-12-44(26,30)5)59-42-38(55)35(52)39(29(17-47)61-42)62-41-37(54)33(50)31(48)21(3)58-41/h19-42,46-56H,6-18H2,1-5H3. The minimum Gasteiger partial charge on any atom is -0.394 e. The number of hydrogen-bond acceptors (Lipinski definition) is 18. The van der Waals surface area contributed by atoms with Crippen molar-refractivity contribution >= 4 is 0 Å². The van der Waals surface area contributed by atoms with Crippen LogP contribution in [0.2, 0.25) is 0 Å². The van der Waals surface area contributed by atoms with Crippen LogP contribution in [0.5, 0.6) is 0 Å². The molecule has 0 radical (unpaired) electrons. The van der Waals surface area contributed by atoms with Crippen LogP contribution in [0.3, 0.4) is 0 Å². The summed E-state index contributed by atoms with van der Waals surface area (Å²) in [5.41, 5.74) is 0.120. The second kappa shape index (κ2) is 18.6. The van der Waals surface area contributed by atoms with Crippen molar-refractivity contribution in [2.75, 3.05) is 19.8 Å². The zero-order valence-corrected chi connectivity index (χ0v) is 37.3. The zero-order valence-electron chi connectivity index (χ0n) is 37.3. The molecule has 0 aromatic heterocycles. The number of rotatable bonds is 12. The van der Waals surface area contributed by atoms with E-state index >= 15 is 0 Å². The Morgan fingerprint density at radius 1 is 0.651 bits per heavy atom. The lowest BCUT2D eigenvalue weighted by molar-refractivity contribution is -0.361. The summed E-state index contributed by atoms with van der Waals surface area (Å²) < 4.78 is 41.7. The van der Waals surface area contributed by atoms with E-state index in [1.165, 1.54) is 6.92 Å². The monoisotopic (exact) mass is 905 g/mol. The first-order valence-electron chi connectivity index (χ1n) is 23.7. The molecule has 63 heavy (non-hydrogen) atoms. The normalized spacial score (nSPS) is 56.3. The Hall–Kier alpha value is -0.720. The first kappa shape index (κ1) is 48.7. The molecule has 4 saturated heterocycles. The Balaban J connectivity index is 0.836. The third-order valence-electron chi connectivity index (χ3n) is 17.9. The van der Waals surface area contributed by atoms with Gasteiger partial charge in [0.25, 0.3) is 0 Å². The highest BCUT2D eigenvalue weighted by Gasteiger charge is 2.68. The van der Waals surface area contributed by atoms with Crippen molar-refractivity contribution in [1.82, 2.24) is 0 Å². The molecule has 0 aromatic carbocycles. The van der Waals surface area contributed by atoms with E-state index in [9.17, 15) is 56.2 Å². The van der Waals surface area contributed by atoms with Gasteiger partial charge in [0, 0.05) is 12.3 Å². The SMILES string of the molecule is CC(CCC1(O)OC2CC3C4CCC5CC(OC6OC(CO)C(OC7OC(C)C(O)C(O)C7O)C(O)C6O)CCC5(C)C4CCC3(C)C2C1C)COC1OC(CO)C(O)C(O)C1O. The van der Waals surface area contributed by atoms with E-state index in [2.05, 4.69) is 20.8 Å². The van der Waals surface area contributed by atoms with Gasteiger partial charge >= 0.3 is 0 Å². The van der Waals surface area contributed by atoms with Crippen LogP contribution in [-0.4, -0.2) is 186 Å². The van der Waals surface area contributed by atoms with Crippen LogP contribution in [0.4, 0.5) is 0 Å². The molecule has 18 heteroatoms. The Labute approximate surface area is 369 Å². The summed E-state index contributed by atoms with van der Waals surface area (Å²) in [7, 11) is 0. The van der Waals surface area contributed by atoms with E-state index in [-0.39, 0.29) is 47.4 Å². The summed E-state index contributed by atoms with van der Waals surface area (Å²) in [4.78, 5) is 0. The second-order valence-corrected chi connectivity index (χ2v) is 21.4. The Morgan fingerprint density at radius 2 is 1.29 bits per heavy atom. The third kappa shape index (κ3) is 8.60. The lowest BCUT2D eigenvalue weighted by Gasteiger charge is -2.61. The molecule has 27 atom stereocenters. The maximum atomic E-state index is 12.0. The smallest absolute Gasteiger partial charge is 0.187 e. The van der Waals surface area contributed by atoms with Gasteiger partial charge in [0.15, 0.2) is 24.7 Å². The van der Waals surface area contributed by atoms with Crippen LogP contribution in [0.1, 0.15) is 98.8 Å². The van der Waals surface area contributed by atoms with Crippen molar-refractivity contribution in [3.05, 3.63) is 0 Å². The average molecular weight is 905 g/mol. The van der Waals surface area contributed by atoms with E-state index in [1.54, 1.807) is 0 Å². The van der Waals surface area contributed by atoms with E-state index < -0.39 is 111 Å². The minimum absolute atomic E-state index is 0.0255. The molecule has 27 unspecified atom stereocenters. The minimum atomic E-state index is -1.64. The number of aliphatic hydroxyl groups is 11. The summed E-state index contributed by atoms with van der Waals surface area (Å²) in [5, 5.41) is 116. The van der Waals surface area contributed by atoms with Gasteiger partial charge in [-0.1, -0.05) is 27.7 Å². The van der Waals surface area contributed by atoms with Gasteiger partial charge in [-0.3, -0.25) is 0 Å². The number of ether oxygens (including phenoxy) is 7. The van der Waals surface area contributed by atoms with E-state index in [0.29, 0.717) is 36.5 Å². The summed E-state index contributed by atoms with van der Waals surface area (Å²) in [6.07, 6.45) is -11.9. The Morgan fingerprint density at radius 3 is 2.00 bits per heavy atom. The van der Waals surface area contributed by atoms with Crippen LogP contribution in [0, 0.1) is 52.3 Å². The molecule has 8 aliphatic rings. The topological polar surface area (TPSA) is 287 Å². The zero-order chi connectivity index (χ0) is 45.5. The summed E-state index contributed by atoms with van der Waals surface area (Å²) in [6, 6.07) is 0. The van der Waals surface area contributed by atoms with Crippen molar-refractivity contribution in [2.45, 2.75) is 209 Å². The molecule has 0 amide bonds. The van der Waals surface area contributed by atoms with Crippen LogP contribution >= 0.6 is 0 Å². The Bertz CT molecular complexity index is 1540. The first-order chi connectivity index (χ1) is 29.8. The molecular weight excluding hydrogens is 828 g/mol. The van der Waals surface area contributed by atoms with Crippen LogP contribution in [0.25, 0.3) is 0 Å². The first-order valence-corrected chi connectivity index (χ1v) is 23.7. The molecule has 0 spiro atoms. The predicted molar refractivity (Wildman–Crippen MR) is 218 cm³/mol. The van der Waals surface area contributed by atoms with E-state index in [0.717, 1.165) is 51.4 Å². The Kier molecular flexibility index (Phi) is 14.4. The van der Waals surface area contributed by atoms with Gasteiger partial charge < -0.3 is 89.3 Å². The molecule has 4 aliphatic heterocycles. The van der Waals surface area contributed by atoms with Gasteiger partial charge in [0.2, 0.25) is 0 Å². The van der Waals surface area contributed by atoms with Gasteiger partial charge in [-0.25, -0.2) is 0 Å². The molecule has 4 aliphatic carbocycles. The van der Waals surface area contributed by atoms with Crippen molar-refractivity contribution in [1.29, 1.82) is 0 Å². The number of hydrogen-bond donors (Lipinski definition) is 11. The highest BCUT2D eigenvalue weighted by Crippen LogP contribution is 2.71. The van der Waals surface area contributed by atoms with E-state index in [1.807, 2.05) is 6.92 Å². The lowest BCUT2D eigenvalue weighted by atomic mass is 9.44. The summed E-state index contributed by atoms with van der Waals surface area (Å²) in [5.74, 6) is 0.753. The van der Waals surface area contributed by atoms with Gasteiger partial charge in [-0.05, 0) is 111 Å². The highest BCUT2D eigenvalue weighted by molar-refractivity contribution is 5.15. The van der Waals surface area contributed by atoms with Gasteiger partial charge in [-0.15, -0.1) is 0 Å². The van der Waals surface area contributed by atoms with E-state index in [4.69, 9.17) is 33.2 Å². The third-order valence-corrected chi connectivity index (χ3v) is 17.9. The molecule has 0 bridgehead atoms. The molecule has 364 valence electrons. The fourth-order valence-corrected chi connectivity index (χ4v) is 14.1. The van der Waals surface area contributed by atoms with Crippen molar-refractivity contribution in [2.24, 2.45) is 52.3 Å². The number of fused-ring (bicyclic) bond motifs is 7. The molecule has 18 nitrogen and oxygen atoms in total. The molecule has 8 fully saturated rings. The predicted octanol–water partition coefficient (Wildman–Crippen LogP) is -0.752. The fourth-order valence-electron chi connectivity index (χ4n) is 14.1. The summed E-state index contributed by atoms with van der Waals surface area (Å²) in [6.45, 7) is 9.55. The molecule has 0 aromatic rings. The maximum Gasteiger partial charge on any atom is 0.187 e. The number of aliphatic hydroxyl groups excluding tert-OH is 10. The lowest BCUT2D eigenvalue weighted by Crippen LogP contribution is -2.64. The quantitative estimate of drug-likeness (QED) is 0.107. The van der Waals surface area contributed by atoms with Crippen LogP contribution in [-0.2, 0) is 33.2 Å². The fraction of sp³-hybridized carbons (Fsp3) is 1.00. The van der Waals surface area contributed by atoms with Crippen LogP contribution < -0.4 is 0 Å². The maximum absolute atomic E-state index is 12.0. The molecule has 11 N–H and O–H groups in total. The molecular formula is C45H76O18. The van der Waals surface area contributed by atoms with Crippen LogP contribution in [0.15, 0.2) is 0 Å². The molecule has 4 heterocycles. The average Bonchev–Trinajstić information content (AvgIpc) is 3.70. The van der Waals surface area contributed by atoms with Crippen molar-refractivity contribution in [3.63, 3.8) is 0 Å². The van der Waals surface area contributed by atoms with Gasteiger partial charge in [0.05, 0.1) is 38.1 Å². The molecule has 8 rings (SSSR count). The van der Waals surface area contributed by atoms with Crippen molar-refractivity contribution < 1.29 is 89.3 Å².